The zero-order valence-electron chi connectivity index (χ0n) is 19.3. The van der Waals surface area contributed by atoms with Gasteiger partial charge >= 0.3 is 5.97 Å². The first-order valence-corrected chi connectivity index (χ1v) is 11.8. The fourth-order valence-electron chi connectivity index (χ4n) is 3.93. The highest BCUT2D eigenvalue weighted by molar-refractivity contribution is 7.80. The van der Waals surface area contributed by atoms with Gasteiger partial charge in [-0.25, -0.2) is 4.79 Å². The number of hydrogen-bond donors (Lipinski definition) is 2. The van der Waals surface area contributed by atoms with E-state index in [4.69, 9.17) is 22.1 Å². The summed E-state index contributed by atoms with van der Waals surface area (Å²) in [5.74, 6) is -0.377. The average molecular weight is 479 g/mol. The second-order valence-corrected chi connectivity index (χ2v) is 9.53. The molecule has 0 aliphatic heterocycles. The molecule has 0 unspecified atom stereocenters. The number of nitrogens with zero attached hydrogens (tertiary/aromatic N) is 2. The molecule has 0 bridgehead atoms. The molecule has 2 aromatic carbocycles. The minimum atomic E-state index is -0.377. The third kappa shape index (κ3) is 4.49. The number of carbonyl (C=O) groups is 1. The number of nitrogens with one attached hydrogen (secondary N) is 2. The van der Waals surface area contributed by atoms with Gasteiger partial charge < -0.3 is 15.4 Å². The van der Waals surface area contributed by atoms with E-state index in [0.717, 1.165) is 27.5 Å². The van der Waals surface area contributed by atoms with E-state index in [1.165, 1.54) is 34.8 Å². The number of anilines is 2. The number of thiocarbonyl (C=S) groups is 1. The Morgan fingerprint density at radius 3 is 2.58 bits per heavy atom. The van der Waals surface area contributed by atoms with Crippen molar-refractivity contribution in [3.8, 4) is 0 Å². The molecule has 4 aromatic rings. The van der Waals surface area contributed by atoms with E-state index in [-0.39, 0.29) is 5.97 Å². The molecule has 0 saturated heterocycles. The molecule has 0 aliphatic rings. The van der Waals surface area contributed by atoms with Crippen LogP contribution >= 0.6 is 23.6 Å². The summed E-state index contributed by atoms with van der Waals surface area (Å²) in [6.45, 7) is 8.52. The number of ether oxygens (including phenoxy) is 1. The van der Waals surface area contributed by atoms with Gasteiger partial charge in [0.2, 0.25) is 0 Å². The Labute approximate surface area is 202 Å². The van der Waals surface area contributed by atoms with E-state index in [1.54, 1.807) is 0 Å². The first kappa shape index (κ1) is 22.9. The third-order valence-corrected chi connectivity index (χ3v) is 7.15. The van der Waals surface area contributed by atoms with Crippen molar-refractivity contribution < 1.29 is 9.53 Å². The largest absolute Gasteiger partial charge is 0.465 e. The van der Waals surface area contributed by atoms with Crippen molar-refractivity contribution in [3.05, 3.63) is 75.4 Å². The lowest BCUT2D eigenvalue weighted by molar-refractivity contribution is 0.0601. The Bertz CT molecular complexity index is 1370. The van der Waals surface area contributed by atoms with Crippen molar-refractivity contribution in [3.63, 3.8) is 0 Å². The molecule has 170 valence electrons. The maximum Gasteiger partial charge on any atom is 0.341 e. The van der Waals surface area contributed by atoms with E-state index in [2.05, 4.69) is 47.0 Å². The number of rotatable bonds is 5. The number of carbonyl (C=O) groups excluding carboxylic acids is 1. The molecule has 0 aliphatic carbocycles. The lowest BCUT2D eigenvalue weighted by Crippen LogP contribution is -2.21. The molecule has 6 nitrogen and oxygen atoms in total. The van der Waals surface area contributed by atoms with Crippen LogP contribution in [0.1, 0.15) is 37.7 Å². The molecule has 33 heavy (non-hydrogen) atoms. The van der Waals surface area contributed by atoms with E-state index >= 15 is 0 Å². The Hall–Kier alpha value is -3.23. The van der Waals surface area contributed by atoms with Crippen molar-refractivity contribution >= 4 is 56.1 Å². The first-order valence-electron chi connectivity index (χ1n) is 10.6. The molecular formula is C25H26N4O2S2. The molecule has 0 saturated carbocycles. The fraction of sp³-hybridized carbons (Fsp3) is 0.240. The van der Waals surface area contributed by atoms with Crippen LogP contribution < -0.4 is 10.6 Å². The lowest BCUT2D eigenvalue weighted by atomic mass is 10.0. The van der Waals surface area contributed by atoms with Gasteiger partial charge in [0.15, 0.2) is 5.11 Å². The minimum Gasteiger partial charge on any atom is -0.465 e. The highest BCUT2D eigenvalue weighted by Crippen LogP contribution is 2.33. The van der Waals surface area contributed by atoms with Crippen LogP contribution in [0.3, 0.4) is 0 Å². The van der Waals surface area contributed by atoms with E-state index < -0.39 is 0 Å². The predicted molar refractivity (Wildman–Crippen MR) is 140 cm³/mol. The van der Waals surface area contributed by atoms with Crippen LogP contribution in [-0.2, 0) is 11.3 Å². The second kappa shape index (κ2) is 9.33. The van der Waals surface area contributed by atoms with Gasteiger partial charge in [-0.05, 0) is 61.8 Å². The summed E-state index contributed by atoms with van der Waals surface area (Å²) in [5, 5.41) is 14.7. The topological polar surface area (TPSA) is 68.2 Å². The summed E-state index contributed by atoms with van der Waals surface area (Å²) in [4.78, 5) is 13.3. The number of hydrogen-bond acceptors (Lipinski definition) is 5. The lowest BCUT2D eigenvalue weighted by Gasteiger charge is -2.12. The van der Waals surface area contributed by atoms with Gasteiger partial charge in [-0.2, -0.15) is 5.10 Å². The zero-order chi connectivity index (χ0) is 23.7. The number of esters is 1. The van der Waals surface area contributed by atoms with E-state index in [9.17, 15) is 4.79 Å². The molecule has 2 aromatic heterocycles. The van der Waals surface area contributed by atoms with E-state index in [1.807, 2.05) is 38.4 Å². The van der Waals surface area contributed by atoms with Gasteiger partial charge in [0.25, 0.3) is 0 Å². The normalized spacial score (nSPS) is 10.9. The minimum absolute atomic E-state index is 0.377. The molecule has 0 atom stereocenters. The maximum absolute atomic E-state index is 12.3. The van der Waals surface area contributed by atoms with Crippen molar-refractivity contribution in [2.24, 2.45) is 0 Å². The number of thiophene rings is 1. The van der Waals surface area contributed by atoms with Gasteiger partial charge in [-0.3, -0.25) is 4.68 Å². The van der Waals surface area contributed by atoms with Gasteiger partial charge in [0.1, 0.15) is 5.00 Å². The van der Waals surface area contributed by atoms with Crippen molar-refractivity contribution in [2.75, 3.05) is 17.7 Å². The van der Waals surface area contributed by atoms with Crippen LogP contribution in [0.25, 0.3) is 10.8 Å². The van der Waals surface area contributed by atoms with Crippen LogP contribution in [0.15, 0.2) is 42.5 Å². The Kier molecular flexibility index (Phi) is 6.49. The SMILES string of the molecule is COC(=O)c1c(NC(=S)Nc2c(C)nn(Cc3cccc4ccccc34)c2C)sc(C)c1C. The van der Waals surface area contributed by atoms with Crippen LogP contribution in [-0.4, -0.2) is 28.0 Å². The molecule has 2 heterocycles. The summed E-state index contributed by atoms with van der Waals surface area (Å²) in [7, 11) is 1.38. The van der Waals surface area contributed by atoms with Crippen molar-refractivity contribution in [2.45, 2.75) is 34.2 Å². The molecule has 8 heteroatoms. The Morgan fingerprint density at radius 2 is 1.82 bits per heavy atom. The number of fused-ring (bicyclic) bond motifs is 1. The highest BCUT2D eigenvalue weighted by Gasteiger charge is 2.21. The predicted octanol–water partition coefficient (Wildman–Crippen LogP) is 5.98. The van der Waals surface area contributed by atoms with Crippen LogP contribution in [0.4, 0.5) is 10.7 Å². The van der Waals surface area contributed by atoms with Crippen molar-refractivity contribution in [1.82, 2.24) is 9.78 Å². The summed E-state index contributed by atoms with van der Waals surface area (Å²) in [6, 6.07) is 14.7. The Morgan fingerprint density at radius 1 is 1.09 bits per heavy atom. The smallest absolute Gasteiger partial charge is 0.341 e. The number of benzene rings is 2. The molecule has 0 fully saturated rings. The summed E-state index contributed by atoms with van der Waals surface area (Å²) in [6.07, 6.45) is 0. The molecular weight excluding hydrogens is 452 g/mol. The molecule has 0 radical (unpaired) electrons. The molecule has 4 rings (SSSR count). The molecule has 2 N–H and O–H groups in total. The number of methoxy groups -OCH3 is 1. The highest BCUT2D eigenvalue weighted by atomic mass is 32.1. The van der Waals surface area contributed by atoms with Crippen LogP contribution in [0.5, 0.6) is 0 Å². The summed E-state index contributed by atoms with van der Waals surface area (Å²) < 4.78 is 6.94. The van der Waals surface area contributed by atoms with Gasteiger partial charge in [0, 0.05) is 4.88 Å². The summed E-state index contributed by atoms with van der Waals surface area (Å²) >= 11 is 7.05. The fourth-order valence-corrected chi connectivity index (χ4v) is 5.26. The second-order valence-electron chi connectivity index (χ2n) is 7.90. The van der Waals surface area contributed by atoms with E-state index in [0.29, 0.717) is 22.2 Å². The number of aryl methyl sites for hydroxylation is 2. The maximum atomic E-state index is 12.3. The number of aromatic nitrogens is 2. The Balaban J connectivity index is 1.56. The summed E-state index contributed by atoms with van der Waals surface area (Å²) in [5.41, 5.74) is 5.31. The van der Waals surface area contributed by atoms with Crippen LogP contribution in [0.2, 0.25) is 0 Å². The standard InChI is InChI=1S/C25H26N4O2S2/c1-14-17(4)33-23(21(14)24(30)31-5)27-25(32)26-22-15(2)28-29(16(22)3)13-19-11-8-10-18-9-6-7-12-20(18)19/h6-12H,13H2,1-5H3,(H2,26,27,32). The zero-order valence-corrected chi connectivity index (χ0v) is 20.9. The van der Waals surface area contributed by atoms with Crippen LogP contribution in [0, 0.1) is 27.7 Å². The first-order chi connectivity index (χ1) is 15.8. The monoisotopic (exact) mass is 478 g/mol. The van der Waals surface area contributed by atoms with Gasteiger partial charge in [-0.1, -0.05) is 42.5 Å². The van der Waals surface area contributed by atoms with Gasteiger partial charge in [0.05, 0.1) is 36.3 Å². The molecule has 0 amide bonds. The average Bonchev–Trinajstić information content (AvgIpc) is 3.22. The molecule has 0 spiro atoms. The van der Waals surface area contributed by atoms with Gasteiger partial charge in [-0.15, -0.1) is 11.3 Å². The third-order valence-electron chi connectivity index (χ3n) is 5.82. The quantitative estimate of drug-likeness (QED) is 0.272. The van der Waals surface area contributed by atoms with Crippen molar-refractivity contribution in [1.29, 1.82) is 0 Å².